The fourth-order valence-electron chi connectivity index (χ4n) is 10.7. The smallest absolute Gasteiger partial charge is 0.306 e. The molecule has 9 heteroatoms. The molecule has 0 aromatic heterocycles. The summed E-state index contributed by atoms with van der Waals surface area (Å²) < 4.78 is 22.9. The lowest BCUT2D eigenvalue weighted by Gasteiger charge is -2.26. The number of aliphatic carboxylic acids is 1. The van der Waals surface area contributed by atoms with Gasteiger partial charge in [0.2, 0.25) is 0 Å². The number of esters is 2. The van der Waals surface area contributed by atoms with Gasteiger partial charge in [-0.3, -0.25) is 9.59 Å². The van der Waals surface area contributed by atoms with Crippen molar-refractivity contribution < 1.29 is 42.9 Å². The number of unbranched alkanes of at least 4 members (excludes halogenated alkanes) is 37. The number of hydrogen-bond donors (Lipinski definition) is 0. The fraction of sp³-hybridized carbons (Fsp3) is 0.744. The molecule has 0 saturated heterocycles. The Morgan fingerprint density at radius 1 is 0.341 bits per heavy atom. The van der Waals surface area contributed by atoms with E-state index in [2.05, 4.69) is 123 Å². The molecular weight excluding hydrogens is 1130 g/mol. The number of carboxylic acids is 1. The largest absolute Gasteiger partial charge is 0.545 e. The van der Waals surface area contributed by atoms with Gasteiger partial charge in [0.05, 0.1) is 40.3 Å². The standard InChI is InChI=1S/C82H143NO8/c1-6-8-10-12-14-16-18-20-22-24-26-28-30-32-34-36-38-39-40-41-43-45-47-49-51-53-55-57-59-61-63-65-67-69-71-73-80(85)91-78(77-90-82(81(86)87)88-75-74-83(3,4)5)76-89-79(84)72-70-68-66-64-62-60-58-56-54-52-50-48-46-44-42-37-35-33-31-29-27-25-23-21-19-17-15-13-11-9-7-2/h8,10,14,16,19-22,25-28,31-34,38-39,78,82H,6-7,9,11-13,15,17-18,23-24,29-30,35-37,40-77H2,1-5H3/b10-8-,16-14-,21-19-,22-20-,27-25-,28-26-,33-31-,34-32-,39-38-. The van der Waals surface area contributed by atoms with Crippen molar-refractivity contribution in [2.75, 3.05) is 47.5 Å². The summed E-state index contributed by atoms with van der Waals surface area (Å²) in [5.74, 6) is -2.27. The van der Waals surface area contributed by atoms with Gasteiger partial charge in [-0.25, -0.2) is 0 Å². The summed E-state index contributed by atoms with van der Waals surface area (Å²) in [6, 6.07) is 0. The first kappa shape index (κ1) is 87.0. The monoisotopic (exact) mass is 1270 g/mol. The molecule has 0 aliphatic rings. The molecule has 0 fully saturated rings. The van der Waals surface area contributed by atoms with Gasteiger partial charge in [-0.2, -0.15) is 0 Å². The summed E-state index contributed by atoms with van der Waals surface area (Å²) in [5, 5.41) is 11.9. The number of likely N-dealkylation sites (N-methyl/N-ethyl adjacent to an activating group) is 1. The Balaban J connectivity index is 4.06. The van der Waals surface area contributed by atoms with Gasteiger partial charge >= 0.3 is 11.9 Å². The molecule has 91 heavy (non-hydrogen) atoms. The van der Waals surface area contributed by atoms with E-state index in [1.54, 1.807) is 0 Å². The Bertz CT molecular complexity index is 1870. The van der Waals surface area contributed by atoms with Crippen molar-refractivity contribution >= 4 is 17.9 Å². The van der Waals surface area contributed by atoms with Crippen LogP contribution in [0.1, 0.15) is 335 Å². The second-order valence-electron chi connectivity index (χ2n) is 26.6. The van der Waals surface area contributed by atoms with Gasteiger partial charge in [0.1, 0.15) is 13.2 Å². The lowest BCUT2D eigenvalue weighted by molar-refractivity contribution is -0.870. The lowest BCUT2D eigenvalue weighted by atomic mass is 10.0. The SMILES string of the molecule is CC/C=C\C/C=C\C/C=C\C/C=C\C/C=C\C/C=C\CCCCCCCCCCCCCCCCCCC(=O)OC(COC(=O)CCCCCCCCCCCCCCCCCC/C=C\C/C=C\C/C=C\CCCCCCC)COC(OCC[N+](C)(C)C)C(=O)[O-]. The number of quaternary nitrogens is 1. The molecule has 2 atom stereocenters. The second kappa shape index (κ2) is 71.8. The van der Waals surface area contributed by atoms with Crippen LogP contribution in [0.2, 0.25) is 0 Å². The highest BCUT2D eigenvalue weighted by molar-refractivity contribution is 5.70. The summed E-state index contributed by atoms with van der Waals surface area (Å²) in [5.41, 5.74) is 0. The zero-order valence-corrected chi connectivity index (χ0v) is 59.9. The number of hydrogen-bond acceptors (Lipinski definition) is 8. The lowest BCUT2D eigenvalue weighted by Crippen LogP contribution is -2.44. The average molecular weight is 1270 g/mol. The minimum Gasteiger partial charge on any atom is -0.545 e. The molecule has 0 rings (SSSR count). The first-order chi connectivity index (χ1) is 44.6. The molecule has 9 nitrogen and oxygen atoms in total. The normalized spacial score (nSPS) is 13.3. The predicted molar refractivity (Wildman–Crippen MR) is 389 cm³/mol. The number of carbonyl (C=O) groups excluding carboxylic acids is 3. The molecule has 2 unspecified atom stereocenters. The Hall–Kier alpha value is -4.05. The Kier molecular flexibility index (Phi) is 68.6. The molecule has 0 amide bonds. The third-order valence-corrected chi connectivity index (χ3v) is 16.5. The van der Waals surface area contributed by atoms with E-state index in [9.17, 15) is 19.5 Å². The number of nitrogens with zero attached hydrogens (tertiary/aromatic N) is 1. The molecule has 0 aromatic rings. The second-order valence-corrected chi connectivity index (χ2v) is 26.6. The third kappa shape index (κ3) is 73.2. The summed E-state index contributed by atoms with van der Waals surface area (Å²) in [6.07, 6.45) is 97.6. The van der Waals surface area contributed by atoms with Crippen molar-refractivity contribution in [3.05, 3.63) is 109 Å². The summed E-state index contributed by atoms with van der Waals surface area (Å²) >= 11 is 0. The van der Waals surface area contributed by atoms with Gasteiger partial charge < -0.3 is 33.3 Å². The maximum absolute atomic E-state index is 13.0. The Morgan fingerprint density at radius 2 is 0.626 bits per heavy atom. The molecule has 0 aromatic carbocycles. The van der Waals surface area contributed by atoms with Gasteiger partial charge in [-0.05, 0) is 103 Å². The van der Waals surface area contributed by atoms with E-state index >= 15 is 0 Å². The van der Waals surface area contributed by atoms with Crippen LogP contribution in [-0.4, -0.2) is 82.3 Å². The zero-order valence-electron chi connectivity index (χ0n) is 59.9. The number of ether oxygens (including phenoxy) is 4. The summed E-state index contributed by atoms with van der Waals surface area (Å²) in [7, 11) is 5.94. The van der Waals surface area contributed by atoms with E-state index in [0.717, 1.165) is 89.9 Å². The molecule has 0 spiro atoms. The van der Waals surface area contributed by atoms with Crippen molar-refractivity contribution in [2.24, 2.45) is 0 Å². The van der Waals surface area contributed by atoms with Crippen molar-refractivity contribution in [2.45, 2.75) is 347 Å². The maximum Gasteiger partial charge on any atom is 0.306 e. The minimum absolute atomic E-state index is 0.146. The van der Waals surface area contributed by atoms with Crippen LogP contribution >= 0.6 is 0 Å². The topological polar surface area (TPSA) is 111 Å². The van der Waals surface area contributed by atoms with E-state index in [0.29, 0.717) is 23.9 Å². The van der Waals surface area contributed by atoms with Gasteiger partial charge in [-0.1, -0.05) is 329 Å². The van der Waals surface area contributed by atoms with E-state index < -0.39 is 24.3 Å². The highest BCUT2D eigenvalue weighted by Crippen LogP contribution is 2.18. The van der Waals surface area contributed by atoms with Crippen LogP contribution in [-0.2, 0) is 33.3 Å². The molecule has 524 valence electrons. The van der Waals surface area contributed by atoms with Gasteiger partial charge in [-0.15, -0.1) is 0 Å². The van der Waals surface area contributed by atoms with E-state index in [4.69, 9.17) is 18.9 Å². The van der Waals surface area contributed by atoms with Crippen molar-refractivity contribution in [1.29, 1.82) is 0 Å². The molecule has 0 heterocycles. The highest BCUT2D eigenvalue weighted by Gasteiger charge is 2.22. The van der Waals surface area contributed by atoms with Crippen LogP contribution in [0, 0.1) is 0 Å². The quantitative estimate of drug-likeness (QED) is 0.0195. The number of carbonyl (C=O) groups is 3. The van der Waals surface area contributed by atoms with Crippen LogP contribution in [0.5, 0.6) is 0 Å². The molecule has 0 radical (unpaired) electrons. The van der Waals surface area contributed by atoms with Gasteiger partial charge in [0.15, 0.2) is 12.4 Å². The molecule has 0 N–H and O–H groups in total. The van der Waals surface area contributed by atoms with E-state index in [1.165, 1.54) is 212 Å². The first-order valence-corrected chi connectivity index (χ1v) is 38.0. The van der Waals surface area contributed by atoms with Crippen LogP contribution in [0.15, 0.2) is 109 Å². The van der Waals surface area contributed by atoms with Gasteiger partial charge in [0.25, 0.3) is 0 Å². The van der Waals surface area contributed by atoms with Crippen molar-refractivity contribution in [1.82, 2.24) is 0 Å². The van der Waals surface area contributed by atoms with Crippen molar-refractivity contribution in [3.63, 3.8) is 0 Å². The number of carboxylic acid groups (broad SMARTS) is 1. The van der Waals surface area contributed by atoms with Crippen LogP contribution in [0.4, 0.5) is 0 Å². The average Bonchev–Trinajstić information content (AvgIpc) is 3.46. The Labute approximate surface area is 562 Å². The van der Waals surface area contributed by atoms with E-state index in [-0.39, 0.29) is 32.2 Å². The third-order valence-electron chi connectivity index (χ3n) is 16.5. The molecule has 0 aliphatic carbocycles. The van der Waals surface area contributed by atoms with Crippen LogP contribution in [0.25, 0.3) is 0 Å². The molecule has 0 aliphatic heterocycles. The number of allylic oxidation sites excluding steroid dienone is 18. The molecular formula is C82H143NO8. The maximum atomic E-state index is 13.0. The van der Waals surface area contributed by atoms with Crippen LogP contribution in [0.3, 0.4) is 0 Å². The Morgan fingerprint density at radius 3 is 0.934 bits per heavy atom. The summed E-state index contributed by atoms with van der Waals surface area (Å²) in [4.78, 5) is 37.6. The molecule has 0 saturated carbocycles. The summed E-state index contributed by atoms with van der Waals surface area (Å²) in [6.45, 7) is 4.66. The highest BCUT2D eigenvalue weighted by atomic mass is 16.7. The van der Waals surface area contributed by atoms with E-state index in [1.807, 2.05) is 21.1 Å². The number of rotatable bonds is 70. The van der Waals surface area contributed by atoms with Gasteiger partial charge in [0, 0.05) is 12.8 Å². The molecule has 0 bridgehead atoms. The van der Waals surface area contributed by atoms with Crippen molar-refractivity contribution in [3.8, 4) is 0 Å². The predicted octanol–water partition coefficient (Wildman–Crippen LogP) is 22.8. The minimum atomic E-state index is -1.63. The zero-order chi connectivity index (χ0) is 66.1. The fourth-order valence-corrected chi connectivity index (χ4v) is 10.7. The van der Waals surface area contributed by atoms with Crippen LogP contribution < -0.4 is 5.11 Å². The first-order valence-electron chi connectivity index (χ1n) is 38.0.